The first-order valence-electron chi connectivity index (χ1n) is 9.11. The predicted molar refractivity (Wildman–Crippen MR) is 105 cm³/mol. The van der Waals surface area contributed by atoms with Gasteiger partial charge in [0.1, 0.15) is 11.5 Å². The molecule has 1 unspecified atom stereocenters. The van der Waals surface area contributed by atoms with E-state index in [1.165, 1.54) is 12.1 Å². The van der Waals surface area contributed by atoms with Crippen molar-refractivity contribution in [2.45, 2.75) is 26.9 Å². The molecule has 2 aromatic carbocycles. The number of hydrazine groups is 1. The van der Waals surface area contributed by atoms with Crippen molar-refractivity contribution >= 4 is 17.8 Å². The zero-order valence-electron chi connectivity index (χ0n) is 16.6. The Hall–Kier alpha value is -3.55. The number of benzene rings is 2. The SMILES string of the molecule is CCOC(=O)c1ccc(OCC(=O)NNC(=O)C(C)Oc2cccc(C)c2)cc1. The van der Waals surface area contributed by atoms with Gasteiger partial charge in [-0.05, 0) is 62.7 Å². The second-order valence-electron chi connectivity index (χ2n) is 6.15. The molecule has 0 aliphatic rings. The summed E-state index contributed by atoms with van der Waals surface area (Å²) in [5, 5.41) is 0. The van der Waals surface area contributed by atoms with E-state index in [4.69, 9.17) is 14.2 Å². The molecule has 0 bridgehead atoms. The summed E-state index contributed by atoms with van der Waals surface area (Å²) < 4.78 is 15.7. The summed E-state index contributed by atoms with van der Waals surface area (Å²) in [4.78, 5) is 35.5. The molecule has 8 nitrogen and oxygen atoms in total. The van der Waals surface area contributed by atoms with Gasteiger partial charge >= 0.3 is 5.97 Å². The molecular formula is C21H24N2O6. The van der Waals surface area contributed by atoms with E-state index in [2.05, 4.69) is 10.9 Å². The van der Waals surface area contributed by atoms with E-state index in [9.17, 15) is 14.4 Å². The Labute approximate surface area is 169 Å². The molecule has 0 aliphatic carbocycles. The molecule has 0 aromatic heterocycles. The van der Waals surface area contributed by atoms with Gasteiger partial charge in [-0.3, -0.25) is 20.4 Å². The van der Waals surface area contributed by atoms with Gasteiger partial charge in [-0.1, -0.05) is 12.1 Å². The van der Waals surface area contributed by atoms with Crippen molar-refractivity contribution in [3.05, 3.63) is 59.7 Å². The number of ether oxygens (including phenoxy) is 3. The first-order valence-corrected chi connectivity index (χ1v) is 9.11. The van der Waals surface area contributed by atoms with Gasteiger partial charge in [-0.15, -0.1) is 0 Å². The van der Waals surface area contributed by atoms with Crippen molar-refractivity contribution in [1.82, 2.24) is 10.9 Å². The third kappa shape index (κ3) is 7.17. The van der Waals surface area contributed by atoms with Crippen LogP contribution in [-0.4, -0.2) is 37.1 Å². The Balaban J connectivity index is 1.73. The first-order chi connectivity index (χ1) is 13.9. The van der Waals surface area contributed by atoms with Crippen LogP contribution in [0, 0.1) is 6.92 Å². The second kappa shape index (κ2) is 10.7. The van der Waals surface area contributed by atoms with E-state index in [1.807, 2.05) is 25.1 Å². The fraction of sp³-hybridized carbons (Fsp3) is 0.286. The number of carbonyl (C=O) groups excluding carboxylic acids is 3. The fourth-order valence-corrected chi connectivity index (χ4v) is 2.27. The van der Waals surface area contributed by atoms with Crippen molar-refractivity contribution in [3.8, 4) is 11.5 Å². The maximum atomic E-state index is 12.0. The Morgan fingerprint density at radius 1 is 1.00 bits per heavy atom. The summed E-state index contributed by atoms with van der Waals surface area (Å²) in [5.41, 5.74) is 5.94. The van der Waals surface area contributed by atoms with Crippen molar-refractivity contribution in [2.75, 3.05) is 13.2 Å². The van der Waals surface area contributed by atoms with Crippen LogP contribution in [0.15, 0.2) is 48.5 Å². The van der Waals surface area contributed by atoms with E-state index in [0.717, 1.165) is 5.56 Å². The van der Waals surface area contributed by atoms with E-state index in [0.29, 0.717) is 17.1 Å². The van der Waals surface area contributed by atoms with Crippen molar-refractivity contribution in [1.29, 1.82) is 0 Å². The predicted octanol–water partition coefficient (Wildman–Crippen LogP) is 2.17. The summed E-state index contributed by atoms with van der Waals surface area (Å²) in [6.07, 6.45) is -0.798. The molecule has 0 saturated carbocycles. The van der Waals surface area contributed by atoms with Gasteiger partial charge in [0.2, 0.25) is 0 Å². The van der Waals surface area contributed by atoms with Gasteiger partial charge < -0.3 is 14.2 Å². The highest BCUT2D eigenvalue weighted by Gasteiger charge is 2.15. The quantitative estimate of drug-likeness (QED) is 0.520. The summed E-state index contributed by atoms with van der Waals surface area (Å²) in [6.45, 7) is 5.19. The van der Waals surface area contributed by atoms with Crippen LogP contribution >= 0.6 is 0 Å². The van der Waals surface area contributed by atoms with Crippen LogP contribution in [0.2, 0.25) is 0 Å². The average Bonchev–Trinajstić information content (AvgIpc) is 2.71. The highest BCUT2D eigenvalue weighted by molar-refractivity contribution is 5.89. The number of aryl methyl sites for hydroxylation is 1. The molecule has 2 aromatic rings. The Morgan fingerprint density at radius 3 is 2.38 bits per heavy atom. The molecule has 2 amide bonds. The lowest BCUT2D eigenvalue weighted by Gasteiger charge is -2.15. The van der Waals surface area contributed by atoms with Crippen LogP contribution < -0.4 is 20.3 Å². The zero-order chi connectivity index (χ0) is 21.2. The van der Waals surface area contributed by atoms with Crippen LogP contribution in [0.4, 0.5) is 0 Å². The number of hydrogen-bond donors (Lipinski definition) is 2. The van der Waals surface area contributed by atoms with Crippen molar-refractivity contribution in [2.24, 2.45) is 0 Å². The maximum absolute atomic E-state index is 12.0. The Kier molecular flexibility index (Phi) is 8.02. The van der Waals surface area contributed by atoms with Crippen LogP contribution in [0.25, 0.3) is 0 Å². The molecule has 0 spiro atoms. The minimum absolute atomic E-state index is 0.289. The minimum atomic E-state index is -0.798. The van der Waals surface area contributed by atoms with E-state index >= 15 is 0 Å². The molecule has 0 radical (unpaired) electrons. The molecule has 1 atom stereocenters. The molecule has 2 rings (SSSR count). The molecule has 0 fully saturated rings. The smallest absolute Gasteiger partial charge is 0.338 e. The Morgan fingerprint density at radius 2 is 1.72 bits per heavy atom. The molecular weight excluding hydrogens is 376 g/mol. The highest BCUT2D eigenvalue weighted by Crippen LogP contribution is 2.14. The zero-order valence-corrected chi connectivity index (χ0v) is 16.6. The van der Waals surface area contributed by atoms with Crippen LogP contribution in [0.3, 0.4) is 0 Å². The topological polar surface area (TPSA) is 103 Å². The molecule has 2 N–H and O–H groups in total. The molecule has 0 heterocycles. The van der Waals surface area contributed by atoms with Gasteiger partial charge in [0.25, 0.3) is 11.8 Å². The van der Waals surface area contributed by atoms with Gasteiger partial charge in [0.15, 0.2) is 12.7 Å². The molecule has 8 heteroatoms. The molecule has 0 saturated heterocycles. The van der Waals surface area contributed by atoms with E-state index < -0.39 is 23.9 Å². The van der Waals surface area contributed by atoms with E-state index in [1.54, 1.807) is 32.0 Å². The van der Waals surface area contributed by atoms with Crippen LogP contribution in [0.1, 0.15) is 29.8 Å². The van der Waals surface area contributed by atoms with E-state index in [-0.39, 0.29) is 13.2 Å². The number of carbonyl (C=O) groups is 3. The van der Waals surface area contributed by atoms with Crippen molar-refractivity contribution in [3.63, 3.8) is 0 Å². The maximum Gasteiger partial charge on any atom is 0.338 e. The number of hydrogen-bond acceptors (Lipinski definition) is 6. The number of esters is 1. The van der Waals surface area contributed by atoms with Crippen LogP contribution in [0.5, 0.6) is 11.5 Å². The molecule has 0 aliphatic heterocycles. The lowest BCUT2D eigenvalue weighted by atomic mass is 10.2. The normalized spacial score (nSPS) is 11.1. The number of amides is 2. The summed E-state index contributed by atoms with van der Waals surface area (Å²) in [6, 6.07) is 13.5. The first kappa shape index (κ1) is 21.7. The minimum Gasteiger partial charge on any atom is -0.484 e. The monoisotopic (exact) mass is 400 g/mol. The average molecular weight is 400 g/mol. The highest BCUT2D eigenvalue weighted by atomic mass is 16.5. The number of nitrogens with one attached hydrogen (secondary N) is 2. The summed E-state index contributed by atoms with van der Waals surface area (Å²) in [7, 11) is 0. The third-order valence-electron chi connectivity index (χ3n) is 3.73. The number of rotatable bonds is 8. The van der Waals surface area contributed by atoms with Gasteiger partial charge in [0, 0.05) is 0 Å². The summed E-state index contributed by atoms with van der Waals surface area (Å²) >= 11 is 0. The lowest BCUT2D eigenvalue weighted by molar-refractivity contribution is -0.133. The molecule has 29 heavy (non-hydrogen) atoms. The molecule has 154 valence electrons. The third-order valence-corrected chi connectivity index (χ3v) is 3.73. The standard InChI is InChI=1S/C21H24N2O6/c1-4-27-21(26)16-8-10-17(11-9-16)28-13-19(24)22-23-20(25)15(3)29-18-7-5-6-14(2)12-18/h5-12,15H,4,13H2,1-3H3,(H,22,24)(H,23,25). The van der Waals surface area contributed by atoms with Crippen molar-refractivity contribution < 1.29 is 28.6 Å². The largest absolute Gasteiger partial charge is 0.484 e. The van der Waals surface area contributed by atoms with Gasteiger partial charge in [-0.25, -0.2) is 4.79 Å². The van der Waals surface area contributed by atoms with Gasteiger partial charge in [-0.2, -0.15) is 0 Å². The lowest BCUT2D eigenvalue weighted by Crippen LogP contribution is -2.48. The Bertz CT molecular complexity index is 851. The second-order valence-corrected chi connectivity index (χ2v) is 6.15. The fourth-order valence-electron chi connectivity index (χ4n) is 2.27. The van der Waals surface area contributed by atoms with Gasteiger partial charge in [0.05, 0.1) is 12.2 Å². The van der Waals surface area contributed by atoms with Crippen LogP contribution in [-0.2, 0) is 14.3 Å². The summed E-state index contributed by atoms with van der Waals surface area (Å²) in [5.74, 6) is -0.514.